The molecular weight excluding hydrogens is 208 g/mol. The van der Waals surface area contributed by atoms with E-state index in [1.54, 1.807) is 5.57 Å². The maximum atomic E-state index is 5.85. The summed E-state index contributed by atoms with van der Waals surface area (Å²) >= 11 is 0. The molecule has 1 nitrogen and oxygen atoms in total. The summed E-state index contributed by atoms with van der Waals surface area (Å²) < 4.78 is 5.85. The summed E-state index contributed by atoms with van der Waals surface area (Å²) in [5.74, 6) is 0. The lowest BCUT2D eigenvalue weighted by Gasteiger charge is -2.21. The van der Waals surface area contributed by atoms with Crippen LogP contribution in [-0.4, -0.2) is 6.61 Å². The zero-order chi connectivity index (χ0) is 12.1. The number of hydrogen-bond donors (Lipinski definition) is 0. The van der Waals surface area contributed by atoms with Crippen molar-refractivity contribution in [3.8, 4) is 0 Å². The van der Waals surface area contributed by atoms with Crippen LogP contribution >= 0.6 is 0 Å². The molecule has 17 heavy (non-hydrogen) atoms. The Morgan fingerprint density at radius 1 is 1.24 bits per heavy atom. The molecule has 0 saturated carbocycles. The van der Waals surface area contributed by atoms with Crippen LogP contribution in [0.4, 0.5) is 0 Å². The minimum atomic E-state index is 0.264. The van der Waals surface area contributed by atoms with E-state index < -0.39 is 0 Å². The lowest BCUT2D eigenvalue weighted by molar-refractivity contribution is 0.0642. The van der Waals surface area contributed by atoms with Crippen LogP contribution < -0.4 is 0 Å². The molecule has 0 spiro atoms. The van der Waals surface area contributed by atoms with Crippen LogP contribution in [0.15, 0.2) is 42.0 Å². The highest BCUT2D eigenvalue weighted by atomic mass is 16.5. The number of ether oxygens (including phenoxy) is 1. The van der Waals surface area contributed by atoms with Crippen molar-refractivity contribution in [3.05, 3.63) is 47.5 Å². The Balaban J connectivity index is 1.81. The fourth-order valence-corrected chi connectivity index (χ4v) is 2.45. The smallest absolute Gasteiger partial charge is 0.0717 e. The Hall–Kier alpha value is -1.08. The van der Waals surface area contributed by atoms with Crippen LogP contribution in [0.1, 0.15) is 38.7 Å². The summed E-state index contributed by atoms with van der Waals surface area (Å²) in [7, 11) is 0. The lowest BCUT2D eigenvalue weighted by Crippen LogP contribution is -2.17. The van der Waals surface area contributed by atoms with Crippen molar-refractivity contribution in [2.24, 2.45) is 5.41 Å². The van der Waals surface area contributed by atoms with Crippen LogP contribution in [0.2, 0.25) is 0 Å². The number of allylic oxidation sites excluding steroid dienone is 1. The van der Waals surface area contributed by atoms with E-state index in [-0.39, 0.29) is 5.41 Å². The summed E-state index contributed by atoms with van der Waals surface area (Å²) in [6.45, 7) is 6.11. The monoisotopic (exact) mass is 230 g/mol. The molecule has 0 amide bonds. The molecule has 0 radical (unpaired) electrons. The van der Waals surface area contributed by atoms with E-state index in [4.69, 9.17) is 4.74 Å². The number of rotatable bonds is 5. The fraction of sp³-hybridized carbons (Fsp3) is 0.500. The SMILES string of the molecule is CCC1=C[C@@](C)(COCc2ccccc2)CC1. The molecule has 92 valence electrons. The molecule has 0 unspecified atom stereocenters. The molecule has 0 aromatic heterocycles. The van der Waals surface area contributed by atoms with Gasteiger partial charge in [-0.05, 0) is 24.8 Å². The molecule has 1 aromatic carbocycles. The molecule has 1 heteroatoms. The van der Waals surface area contributed by atoms with E-state index in [0.717, 1.165) is 13.2 Å². The van der Waals surface area contributed by atoms with Crippen LogP contribution in [0.3, 0.4) is 0 Å². The van der Waals surface area contributed by atoms with Gasteiger partial charge in [0.2, 0.25) is 0 Å². The standard InChI is InChI=1S/C16H22O/c1-3-14-9-10-16(2,11-14)13-17-12-15-7-5-4-6-8-15/h4-8,11H,3,9-10,12-13H2,1-2H3/t16-/m0/s1. The van der Waals surface area contributed by atoms with Gasteiger partial charge in [-0.1, -0.05) is 55.8 Å². The zero-order valence-corrected chi connectivity index (χ0v) is 10.9. The average Bonchev–Trinajstić information content (AvgIpc) is 2.73. The minimum absolute atomic E-state index is 0.264. The summed E-state index contributed by atoms with van der Waals surface area (Å²) in [5.41, 5.74) is 3.12. The van der Waals surface area contributed by atoms with Crippen molar-refractivity contribution in [2.75, 3.05) is 6.61 Å². The topological polar surface area (TPSA) is 9.23 Å². The van der Waals surface area contributed by atoms with Gasteiger partial charge in [0, 0.05) is 5.41 Å². The Morgan fingerprint density at radius 2 is 2.00 bits per heavy atom. The average molecular weight is 230 g/mol. The number of benzene rings is 1. The molecule has 0 saturated heterocycles. The highest BCUT2D eigenvalue weighted by Crippen LogP contribution is 2.37. The Bertz CT molecular complexity index is 380. The first-order valence-electron chi connectivity index (χ1n) is 6.54. The Labute approximate surface area is 104 Å². The third-order valence-electron chi connectivity index (χ3n) is 3.57. The predicted molar refractivity (Wildman–Crippen MR) is 71.8 cm³/mol. The second-order valence-corrected chi connectivity index (χ2v) is 5.29. The highest BCUT2D eigenvalue weighted by molar-refractivity contribution is 5.16. The van der Waals surface area contributed by atoms with Gasteiger partial charge in [0.25, 0.3) is 0 Å². The van der Waals surface area contributed by atoms with E-state index in [9.17, 15) is 0 Å². The van der Waals surface area contributed by atoms with E-state index in [2.05, 4.69) is 44.2 Å². The molecule has 1 atom stereocenters. The second-order valence-electron chi connectivity index (χ2n) is 5.29. The normalized spacial score (nSPS) is 23.8. The summed E-state index contributed by atoms with van der Waals surface area (Å²) in [6, 6.07) is 10.4. The zero-order valence-electron chi connectivity index (χ0n) is 10.9. The third kappa shape index (κ3) is 3.44. The van der Waals surface area contributed by atoms with Crippen molar-refractivity contribution in [2.45, 2.75) is 39.7 Å². The lowest BCUT2D eigenvalue weighted by atomic mass is 9.92. The third-order valence-corrected chi connectivity index (χ3v) is 3.57. The van der Waals surface area contributed by atoms with Gasteiger partial charge in [-0.3, -0.25) is 0 Å². The first-order chi connectivity index (χ1) is 8.22. The molecule has 0 aliphatic heterocycles. The maximum absolute atomic E-state index is 5.85. The minimum Gasteiger partial charge on any atom is -0.376 e. The molecule has 0 N–H and O–H groups in total. The van der Waals surface area contributed by atoms with Gasteiger partial charge >= 0.3 is 0 Å². The predicted octanol–water partition coefficient (Wildman–Crippen LogP) is 4.34. The van der Waals surface area contributed by atoms with Gasteiger partial charge < -0.3 is 4.74 Å². The van der Waals surface area contributed by atoms with Crippen molar-refractivity contribution >= 4 is 0 Å². The van der Waals surface area contributed by atoms with Crippen LogP contribution in [-0.2, 0) is 11.3 Å². The van der Waals surface area contributed by atoms with E-state index in [0.29, 0.717) is 0 Å². The van der Waals surface area contributed by atoms with E-state index >= 15 is 0 Å². The molecular formula is C16H22O. The highest BCUT2D eigenvalue weighted by Gasteiger charge is 2.27. The fourth-order valence-electron chi connectivity index (χ4n) is 2.45. The van der Waals surface area contributed by atoms with Gasteiger partial charge in [-0.15, -0.1) is 0 Å². The molecule has 1 aliphatic rings. The van der Waals surface area contributed by atoms with Crippen LogP contribution in [0.25, 0.3) is 0 Å². The van der Waals surface area contributed by atoms with Crippen LogP contribution in [0.5, 0.6) is 0 Å². The van der Waals surface area contributed by atoms with Gasteiger partial charge in [0.15, 0.2) is 0 Å². The second kappa shape index (κ2) is 5.50. The first-order valence-corrected chi connectivity index (χ1v) is 6.54. The largest absolute Gasteiger partial charge is 0.376 e. The Morgan fingerprint density at radius 3 is 2.65 bits per heavy atom. The van der Waals surface area contributed by atoms with Crippen molar-refractivity contribution in [3.63, 3.8) is 0 Å². The summed E-state index contributed by atoms with van der Waals surface area (Å²) in [4.78, 5) is 0. The summed E-state index contributed by atoms with van der Waals surface area (Å²) in [5, 5.41) is 0. The van der Waals surface area contributed by atoms with Gasteiger partial charge in [-0.25, -0.2) is 0 Å². The quantitative estimate of drug-likeness (QED) is 0.684. The molecule has 0 heterocycles. The van der Waals surface area contributed by atoms with Crippen molar-refractivity contribution in [1.29, 1.82) is 0 Å². The van der Waals surface area contributed by atoms with Crippen molar-refractivity contribution < 1.29 is 4.74 Å². The van der Waals surface area contributed by atoms with Gasteiger partial charge in [0.05, 0.1) is 13.2 Å². The first kappa shape index (κ1) is 12.4. The molecule has 2 rings (SSSR count). The molecule has 1 aliphatic carbocycles. The molecule has 0 fully saturated rings. The van der Waals surface area contributed by atoms with Gasteiger partial charge in [0.1, 0.15) is 0 Å². The molecule has 1 aromatic rings. The van der Waals surface area contributed by atoms with Crippen LogP contribution in [0, 0.1) is 5.41 Å². The molecule has 0 bridgehead atoms. The summed E-state index contributed by atoms with van der Waals surface area (Å²) in [6.07, 6.45) is 6.11. The van der Waals surface area contributed by atoms with E-state index in [1.807, 2.05) is 6.07 Å². The van der Waals surface area contributed by atoms with Crippen molar-refractivity contribution in [1.82, 2.24) is 0 Å². The van der Waals surface area contributed by atoms with E-state index in [1.165, 1.54) is 24.8 Å². The van der Waals surface area contributed by atoms with Gasteiger partial charge in [-0.2, -0.15) is 0 Å². The Kier molecular flexibility index (Phi) is 4.01. The maximum Gasteiger partial charge on any atom is 0.0717 e. The number of hydrogen-bond acceptors (Lipinski definition) is 1.